The van der Waals surface area contributed by atoms with Gasteiger partial charge in [0.2, 0.25) is 0 Å². The molecule has 3 fully saturated rings. The molecule has 2 nitrogen and oxygen atoms in total. The van der Waals surface area contributed by atoms with E-state index in [1.54, 1.807) is 0 Å². The summed E-state index contributed by atoms with van der Waals surface area (Å²) in [6, 6.07) is 25.2. The monoisotopic (exact) mass is 416 g/mol. The number of halogens is 2. The Hall–Kier alpha value is -2.85. The molecule has 1 unspecified atom stereocenters. The molecule has 0 spiro atoms. The molecule has 0 radical (unpaired) electrons. The third kappa shape index (κ3) is 3.92. The Balaban J connectivity index is 1.58. The fourth-order valence-corrected chi connectivity index (χ4v) is 5.24. The van der Waals surface area contributed by atoms with Gasteiger partial charge in [0.25, 0.3) is 0 Å². The molecule has 0 saturated carbocycles. The summed E-state index contributed by atoms with van der Waals surface area (Å²) in [6.07, 6.45) is 2.12. The number of hydrogen-bond donors (Lipinski definition) is 0. The third-order valence-electron chi connectivity index (χ3n) is 6.76. The molecule has 6 rings (SSSR count). The molecule has 3 aromatic rings. The molecule has 31 heavy (non-hydrogen) atoms. The summed E-state index contributed by atoms with van der Waals surface area (Å²) in [7, 11) is 0. The van der Waals surface area contributed by atoms with E-state index < -0.39 is 11.6 Å². The zero-order valence-electron chi connectivity index (χ0n) is 17.4. The Bertz CT molecular complexity index is 997. The Morgan fingerprint density at radius 1 is 0.774 bits per heavy atom. The summed E-state index contributed by atoms with van der Waals surface area (Å²) in [4.78, 5) is 7.42. The maximum atomic E-state index is 14.3. The van der Waals surface area contributed by atoms with E-state index >= 15 is 0 Å². The maximum absolute atomic E-state index is 14.3. The number of rotatable bonds is 5. The molecule has 0 aromatic heterocycles. The van der Waals surface area contributed by atoms with Gasteiger partial charge in [-0.05, 0) is 49.2 Å². The van der Waals surface area contributed by atoms with E-state index in [1.165, 1.54) is 29.3 Å². The van der Waals surface area contributed by atoms with Crippen molar-refractivity contribution >= 4 is 5.71 Å². The molecule has 158 valence electrons. The highest BCUT2D eigenvalue weighted by molar-refractivity contribution is 5.94. The Kier molecular flexibility index (Phi) is 5.65. The summed E-state index contributed by atoms with van der Waals surface area (Å²) in [6.45, 7) is 2.13. The molecule has 3 aliphatic heterocycles. The van der Waals surface area contributed by atoms with Crippen molar-refractivity contribution < 1.29 is 8.78 Å². The summed E-state index contributed by atoms with van der Waals surface area (Å²) in [5.41, 5.74) is 3.64. The van der Waals surface area contributed by atoms with Crippen LogP contribution in [0.5, 0.6) is 0 Å². The molecular weight excluding hydrogens is 390 g/mol. The van der Waals surface area contributed by atoms with Gasteiger partial charge >= 0.3 is 0 Å². The highest BCUT2D eigenvalue weighted by Crippen LogP contribution is 2.40. The van der Waals surface area contributed by atoms with Crippen LogP contribution in [0.15, 0.2) is 83.9 Å². The van der Waals surface area contributed by atoms with Gasteiger partial charge in [-0.2, -0.15) is 0 Å². The van der Waals surface area contributed by atoms with Crippen LogP contribution in [0.25, 0.3) is 0 Å². The zero-order chi connectivity index (χ0) is 21.2. The van der Waals surface area contributed by atoms with Crippen LogP contribution in [0.2, 0.25) is 0 Å². The second kappa shape index (κ2) is 8.72. The lowest BCUT2D eigenvalue weighted by Crippen LogP contribution is -2.58. The van der Waals surface area contributed by atoms with Crippen LogP contribution in [0, 0.1) is 17.6 Å². The Labute approximate surface area is 182 Å². The van der Waals surface area contributed by atoms with Crippen molar-refractivity contribution in [2.24, 2.45) is 10.9 Å². The summed E-state index contributed by atoms with van der Waals surface area (Å²) < 4.78 is 28.5. The lowest BCUT2D eigenvalue weighted by molar-refractivity contribution is 0.135. The summed E-state index contributed by atoms with van der Waals surface area (Å²) in [5, 5.41) is 0. The standard InChI is InChI=1S/C27H26F2N2/c28-23-12-7-13-24(29)22(23)18-30-26-21-14-16-31(17-15-21)27(26)25(19-8-3-1-4-9-19)20-10-5-2-6-11-20/h1-13,21,25,27H,14-18H2. The number of piperidine rings is 3. The first-order chi connectivity index (χ1) is 15.2. The third-order valence-corrected chi connectivity index (χ3v) is 6.76. The van der Waals surface area contributed by atoms with E-state index in [9.17, 15) is 8.78 Å². The minimum Gasteiger partial charge on any atom is -0.294 e. The average molecular weight is 417 g/mol. The van der Waals surface area contributed by atoms with Crippen molar-refractivity contribution in [1.82, 2.24) is 4.90 Å². The van der Waals surface area contributed by atoms with Crippen LogP contribution >= 0.6 is 0 Å². The van der Waals surface area contributed by atoms with Gasteiger partial charge in [-0.25, -0.2) is 8.78 Å². The summed E-state index contributed by atoms with van der Waals surface area (Å²) >= 11 is 0. The minimum absolute atomic E-state index is 0.0466. The molecule has 2 bridgehead atoms. The first-order valence-electron chi connectivity index (χ1n) is 11.0. The lowest BCUT2D eigenvalue weighted by Gasteiger charge is -2.49. The van der Waals surface area contributed by atoms with Crippen LogP contribution in [0.1, 0.15) is 35.4 Å². The molecule has 3 aromatic carbocycles. The SMILES string of the molecule is Fc1cccc(F)c1CN=C1C2CCN(CC2)C1C(c1ccccc1)c1ccccc1. The number of aliphatic imine (C=N–C) groups is 1. The van der Waals surface area contributed by atoms with Gasteiger partial charge in [0.1, 0.15) is 11.6 Å². The van der Waals surface area contributed by atoms with Crippen molar-refractivity contribution in [3.63, 3.8) is 0 Å². The van der Waals surface area contributed by atoms with Crippen molar-refractivity contribution in [2.45, 2.75) is 31.3 Å². The van der Waals surface area contributed by atoms with E-state index in [-0.39, 0.29) is 24.1 Å². The van der Waals surface area contributed by atoms with E-state index in [0.29, 0.717) is 5.92 Å². The largest absolute Gasteiger partial charge is 0.294 e. The first-order valence-corrected chi connectivity index (χ1v) is 11.0. The molecule has 0 amide bonds. The fraction of sp³-hybridized carbons (Fsp3) is 0.296. The van der Waals surface area contributed by atoms with Crippen LogP contribution < -0.4 is 0 Å². The van der Waals surface area contributed by atoms with Gasteiger partial charge in [0.05, 0.1) is 12.6 Å². The molecular formula is C27H26F2N2. The molecule has 4 heteroatoms. The Morgan fingerprint density at radius 3 is 1.87 bits per heavy atom. The predicted molar refractivity (Wildman–Crippen MR) is 120 cm³/mol. The topological polar surface area (TPSA) is 15.6 Å². The Morgan fingerprint density at radius 2 is 1.32 bits per heavy atom. The molecule has 0 aliphatic carbocycles. The number of hydrogen-bond acceptors (Lipinski definition) is 2. The predicted octanol–water partition coefficient (Wildman–Crippen LogP) is 5.83. The lowest BCUT2D eigenvalue weighted by atomic mass is 9.72. The minimum atomic E-state index is -0.523. The van der Waals surface area contributed by atoms with Gasteiger partial charge < -0.3 is 0 Å². The van der Waals surface area contributed by atoms with Crippen molar-refractivity contribution in [2.75, 3.05) is 13.1 Å². The summed E-state index contributed by atoms with van der Waals surface area (Å²) in [5.74, 6) is -0.538. The molecule has 3 aliphatic rings. The van der Waals surface area contributed by atoms with Gasteiger partial charge in [-0.1, -0.05) is 66.7 Å². The maximum Gasteiger partial charge on any atom is 0.131 e. The van der Waals surface area contributed by atoms with Gasteiger partial charge in [-0.15, -0.1) is 0 Å². The van der Waals surface area contributed by atoms with Gasteiger partial charge in [-0.3, -0.25) is 9.89 Å². The quantitative estimate of drug-likeness (QED) is 0.511. The number of nitrogens with zero attached hydrogens (tertiary/aromatic N) is 2. The zero-order valence-corrected chi connectivity index (χ0v) is 17.4. The van der Waals surface area contributed by atoms with E-state index in [2.05, 4.69) is 53.4 Å². The van der Waals surface area contributed by atoms with Gasteiger partial charge in [0.15, 0.2) is 0 Å². The van der Waals surface area contributed by atoms with E-state index in [0.717, 1.165) is 31.6 Å². The van der Waals surface area contributed by atoms with Crippen molar-refractivity contribution in [3.05, 3.63) is 107 Å². The number of benzene rings is 3. The molecule has 3 heterocycles. The van der Waals surface area contributed by atoms with Crippen LogP contribution in [0.3, 0.4) is 0 Å². The highest BCUT2D eigenvalue weighted by Gasteiger charge is 2.43. The molecule has 3 saturated heterocycles. The van der Waals surface area contributed by atoms with E-state index in [1.807, 2.05) is 12.1 Å². The normalized spacial score (nSPS) is 24.1. The van der Waals surface area contributed by atoms with E-state index in [4.69, 9.17) is 4.99 Å². The first kappa shape index (κ1) is 20.1. The van der Waals surface area contributed by atoms with Crippen molar-refractivity contribution in [3.8, 4) is 0 Å². The molecule has 0 N–H and O–H groups in total. The second-order valence-electron chi connectivity index (χ2n) is 8.50. The highest BCUT2D eigenvalue weighted by atomic mass is 19.1. The fourth-order valence-electron chi connectivity index (χ4n) is 5.24. The van der Waals surface area contributed by atoms with Crippen LogP contribution in [-0.2, 0) is 6.54 Å². The number of fused-ring (bicyclic) bond motifs is 3. The smallest absolute Gasteiger partial charge is 0.131 e. The van der Waals surface area contributed by atoms with Gasteiger partial charge in [0, 0.05) is 23.1 Å². The van der Waals surface area contributed by atoms with Crippen molar-refractivity contribution in [1.29, 1.82) is 0 Å². The van der Waals surface area contributed by atoms with Crippen LogP contribution in [-0.4, -0.2) is 29.7 Å². The van der Waals surface area contributed by atoms with Crippen LogP contribution in [0.4, 0.5) is 8.78 Å². The molecule has 1 atom stereocenters. The second-order valence-corrected chi connectivity index (χ2v) is 8.50. The average Bonchev–Trinajstić information content (AvgIpc) is 2.82.